The Bertz CT molecular complexity index is 2680. The number of hydrogen-bond acceptors (Lipinski definition) is 16. The van der Waals surface area contributed by atoms with Crippen LogP contribution < -0.4 is 53.3 Å². The molecule has 6 heterocycles. The first-order chi connectivity index (χ1) is 35.3. The minimum atomic E-state index is -4.91. The Labute approximate surface area is 437 Å². The molecule has 0 spiro atoms. The molecule has 4 saturated heterocycles. The van der Waals surface area contributed by atoms with Crippen LogP contribution in [0.4, 0.5) is 64.0 Å². The van der Waals surface area contributed by atoms with E-state index < -0.39 is 77.6 Å². The van der Waals surface area contributed by atoms with Crippen molar-refractivity contribution in [1.29, 1.82) is 0 Å². The van der Waals surface area contributed by atoms with E-state index in [1.807, 2.05) is 0 Å². The first kappa shape index (κ1) is 57.6. The first-order valence-electron chi connectivity index (χ1n) is 22.8. The summed E-state index contributed by atoms with van der Waals surface area (Å²) in [6.07, 6.45) is -4.65. The smallest absolute Gasteiger partial charge is 0.406 e. The fourth-order valence-corrected chi connectivity index (χ4v) is 9.62. The van der Waals surface area contributed by atoms with Gasteiger partial charge in [-0.3, -0.25) is 19.2 Å². The summed E-state index contributed by atoms with van der Waals surface area (Å²) >= 11 is 17.0. The number of benzene rings is 2. The number of piperidine rings is 4. The van der Waals surface area contributed by atoms with E-state index in [1.165, 1.54) is 17.0 Å². The lowest BCUT2D eigenvalue weighted by Gasteiger charge is -2.46. The van der Waals surface area contributed by atoms with Crippen molar-refractivity contribution in [1.82, 2.24) is 35.1 Å². The Hall–Kier alpha value is -6.65. The van der Waals surface area contributed by atoms with E-state index in [4.69, 9.17) is 57.7 Å². The van der Waals surface area contributed by atoms with Crippen molar-refractivity contribution in [2.45, 2.75) is 75.4 Å². The molecule has 11 N–H and O–H groups in total. The highest BCUT2D eigenvalue weighted by molar-refractivity contribution is 6.31. The van der Waals surface area contributed by atoms with Gasteiger partial charge in [0.1, 0.15) is 36.2 Å². The molecule has 4 fully saturated rings. The second kappa shape index (κ2) is 24.8. The van der Waals surface area contributed by atoms with Crippen LogP contribution in [0.2, 0.25) is 15.2 Å². The number of carbonyl (C=O) groups excluding carboxylic acids is 4. The van der Waals surface area contributed by atoms with Crippen LogP contribution in [0, 0.1) is 23.5 Å². The number of amides is 4. The van der Waals surface area contributed by atoms with Crippen molar-refractivity contribution in [3.8, 4) is 11.5 Å². The lowest BCUT2D eigenvalue weighted by Crippen LogP contribution is -2.61. The van der Waals surface area contributed by atoms with Crippen molar-refractivity contribution >= 4 is 87.3 Å². The number of anilines is 5. The van der Waals surface area contributed by atoms with Crippen molar-refractivity contribution in [3.63, 3.8) is 0 Å². The maximum Gasteiger partial charge on any atom is 0.573 e. The zero-order chi connectivity index (χ0) is 54.9. The highest BCUT2D eigenvalue weighted by atomic mass is 35.5. The second-order valence-electron chi connectivity index (χ2n) is 17.3. The summed E-state index contributed by atoms with van der Waals surface area (Å²) in [4.78, 5) is 69.6. The van der Waals surface area contributed by atoms with Gasteiger partial charge in [-0.15, -0.1) is 26.3 Å². The van der Waals surface area contributed by atoms with Crippen LogP contribution in [0.25, 0.3) is 0 Å². The molecule has 0 saturated carbocycles. The SMILES string of the molecule is NC(=O)[C@H]1CCN(c2ncnc(N)c2F)C[C@@H]1N1CCCC(Nc2cc(Cl)cc(OC(F)(F)F)c2)C1=O.NC(=O)[C@H]1CCNC[C@@H]1N1CCCC(Nc2cc(Cl)cc(OC(F)(F)F)c2)C1=O.Nc1ncnc(Cl)c1F. The molecule has 0 bridgehead atoms. The third kappa shape index (κ3) is 15.7. The Morgan fingerprint density at radius 1 is 0.653 bits per heavy atom. The van der Waals surface area contributed by atoms with E-state index in [0.717, 1.165) is 36.9 Å². The fourth-order valence-electron chi connectivity index (χ4n) is 9.03. The van der Waals surface area contributed by atoms with Crippen LogP contribution in [0.1, 0.15) is 38.5 Å². The Morgan fingerprint density at radius 2 is 1.13 bits per heavy atom. The molecule has 2 unspecified atom stereocenters. The molecule has 75 heavy (non-hydrogen) atoms. The number of carbonyl (C=O) groups is 4. The second-order valence-corrected chi connectivity index (χ2v) is 18.6. The fraction of sp³-hybridized carbons (Fsp3) is 0.455. The van der Waals surface area contributed by atoms with Crippen molar-refractivity contribution < 1.29 is 63.8 Å². The van der Waals surface area contributed by atoms with Gasteiger partial charge in [0, 0.05) is 66.3 Å². The minimum Gasteiger partial charge on any atom is -0.406 e. The molecule has 4 amide bonds. The molecular weight excluding hydrogens is 1080 g/mol. The van der Waals surface area contributed by atoms with E-state index in [0.29, 0.717) is 58.3 Å². The predicted molar refractivity (Wildman–Crippen MR) is 258 cm³/mol. The Morgan fingerprint density at radius 3 is 1.61 bits per heavy atom. The lowest BCUT2D eigenvalue weighted by molar-refractivity contribution is -0.275. The zero-order valence-electron chi connectivity index (χ0n) is 39.1. The quantitative estimate of drug-likeness (QED) is 0.0722. The summed E-state index contributed by atoms with van der Waals surface area (Å²) in [5.41, 5.74) is 22.1. The van der Waals surface area contributed by atoms with Crippen LogP contribution in [-0.4, -0.2) is 130 Å². The molecule has 0 aliphatic carbocycles. The molecule has 8 rings (SSSR count). The third-order valence-electron chi connectivity index (χ3n) is 12.3. The van der Waals surface area contributed by atoms with Gasteiger partial charge in [-0.1, -0.05) is 34.8 Å². The summed E-state index contributed by atoms with van der Waals surface area (Å²) in [5.74, 6) is -5.96. The maximum atomic E-state index is 14.6. The molecule has 4 aliphatic rings. The minimum absolute atomic E-state index is 0.0211. The number of hydrogen-bond donors (Lipinski definition) is 7. The number of nitrogens with two attached hydrogens (primary N) is 4. The number of primary amides is 2. The molecule has 0 radical (unpaired) electrons. The largest absolute Gasteiger partial charge is 0.573 e. The number of nitrogen functional groups attached to an aromatic ring is 2. The molecule has 31 heteroatoms. The summed E-state index contributed by atoms with van der Waals surface area (Å²) in [5, 5.41) is 8.82. The van der Waals surface area contributed by atoms with E-state index in [1.54, 1.807) is 9.80 Å². The van der Waals surface area contributed by atoms with E-state index in [2.05, 4.69) is 45.4 Å². The molecule has 2 aromatic heterocycles. The predicted octanol–water partition coefficient (Wildman–Crippen LogP) is 5.49. The van der Waals surface area contributed by atoms with Crippen molar-refractivity contribution in [2.75, 3.05) is 66.3 Å². The Kier molecular flexibility index (Phi) is 19.1. The van der Waals surface area contributed by atoms with Gasteiger partial charge in [0.25, 0.3) is 0 Å². The van der Waals surface area contributed by atoms with Crippen LogP contribution in [-0.2, 0) is 19.2 Å². The van der Waals surface area contributed by atoms with E-state index in [-0.39, 0.29) is 81.4 Å². The first-order valence-corrected chi connectivity index (χ1v) is 23.9. The van der Waals surface area contributed by atoms with Crippen LogP contribution >= 0.6 is 34.8 Å². The highest BCUT2D eigenvalue weighted by Gasteiger charge is 2.44. The highest BCUT2D eigenvalue weighted by Crippen LogP contribution is 2.35. The summed E-state index contributed by atoms with van der Waals surface area (Å²) in [6, 6.07) is 4.55. The van der Waals surface area contributed by atoms with Gasteiger partial charge in [-0.25, -0.2) is 19.9 Å². The van der Waals surface area contributed by atoms with E-state index >= 15 is 0 Å². The summed E-state index contributed by atoms with van der Waals surface area (Å²) in [6.45, 7) is 2.24. The molecule has 4 aromatic rings. The molecule has 20 nitrogen and oxygen atoms in total. The zero-order valence-corrected chi connectivity index (χ0v) is 41.4. The van der Waals surface area contributed by atoms with Crippen molar-refractivity contribution in [2.24, 2.45) is 23.3 Å². The van der Waals surface area contributed by atoms with Gasteiger partial charge >= 0.3 is 12.7 Å². The number of rotatable bonds is 11. The topological polar surface area (TPSA) is 288 Å². The van der Waals surface area contributed by atoms with Gasteiger partial charge in [0.05, 0.1) is 23.9 Å². The number of alkyl halides is 6. The molecule has 4 aliphatic heterocycles. The van der Waals surface area contributed by atoms with Crippen LogP contribution in [0.15, 0.2) is 49.1 Å². The number of nitrogens with zero attached hydrogens (tertiary/aromatic N) is 7. The number of aromatic nitrogens is 4. The van der Waals surface area contributed by atoms with Crippen LogP contribution in [0.3, 0.4) is 0 Å². The molecule has 2 aromatic carbocycles. The number of nitrogens with one attached hydrogen (secondary N) is 3. The lowest BCUT2D eigenvalue weighted by atomic mass is 9.87. The maximum absolute atomic E-state index is 14.6. The third-order valence-corrected chi connectivity index (χ3v) is 13.0. The standard InChI is InChI=1S/C22H24ClF4N7O3.C18H22ClF3N4O3.C4H3ClFN3/c23-11-6-12(8-13(7-11)37-22(25,26)27)32-15-2-1-4-34(21(15)36)16-9-33(5-3-14(16)19(29)35)20-17(24)18(28)30-10-31-20;19-10-6-11(8-12(7-10)29-18(20,21)22)25-14-2-1-5-26(17(14)28)15-9-24-4-3-13(15)16(23)27;5-3-2(6)4(7)9-1-8-3/h6-8,10,14-16,32H,1-5,9H2,(H2,29,35)(H2,28,30,31);6-8,13-15,24-25H,1-5,9H2,(H2,23,27);1H,(H2,7,8,9)/t14-,15?,16-;13-,14?,15-;/m00./s1. The van der Waals surface area contributed by atoms with Crippen LogP contribution in [0.5, 0.6) is 11.5 Å². The van der Waals surface area contributed by atoms with Gasteiger partial charge in [0.15, 0.2) is 22.6 Å². The monoisotopic (exact) mass is 1130 g/mol. The average molecular weight is 1130 g/mol. The number of likely N-dealkylation sites (tertiary alicyclic amines) is 2. The Balaban J connectivity index is 0.000000213. The van der Waals surface area contributed by atoms with Gasteiger partial charge in [0.2, 0.25) is 35.3 Å². The number of halogens is 11. The molecule has 6 atom stereocenters. The van der Waals surface area contributed by atoms with Gasteiger partial charge in [-0.2, -0.15) is 8.78 Å². The van der Waals surface area contributed by atoms with Crippen molar-refractivity contribution in [3.05, 3.63) is 75.9 Å². The normalized spacial score (nSPS) is 22.2. The van der Waals surface area contributed by atoms with Gasteiger partial charge < -0.3 is 63.1 Å². The summed E-state index contributed by atoms with van der Waals surface area (Å²) in [7, 11) is 0. The van der Waals surface area contributed by atoms with E-state index in [9.17, 15) is 54.3 Å². The summed E-state index contributed by atoms with van der Waals surface area (Å²) < 4.78 is 110. The molecular formula is C44H49Cl3F8N14O6. The van der Waals surface area contributed by atoms with Gasteiger partial charge in [-0.05, 0) is 69.3 Å². The molecule has 408 valence electrons. The number of ether oxygens (including phenoxy) is 2. The average Bonchev–Trinajstić information content (AvgIpc) is 3.32.